The molecule has 0 amide bonds. The van der Waals surface area contributed by atoms with E-state index in [-0.39, 0.29) is 0 Å². The minimum Gasteiger partial charge on any atom is -0.387 e. The summed E-state index contributed by atoms with van der Waals surface area (Å²) >= 11 is 0. The highest BCUT2D eigenvalue weighted by atomic mass is 16.3. The van der Waals surface area contributed by atoms with E-state index in [1.54, 1.807) is 0 Å². The Morgan fingerprint density at radius 2 is 1.11 bits per heavy atom. The lowest BCUT2D eigenvalue weighted by atomic mass is 9.77. The van der Waals surface area contributed by atoms with Gasteiger partial charge in [-0.15, -0.1) is 0 Å². The summed E-state index contributed by atoms with van der Waals surface area (Å²) in [7, 11) is 0. The fourth-order valence-electron chi connectivity index (χ4n) is 3.78. The van der Waals surface area contributed by atoms with Gasteiger partial charge < -0.3 is 10.8 Å². The van der Waals surface area contributed by atoms with E-state index < -0.39 is 11.6 Å². The van der Waals surface area contributed by atoms with E-state index in [1.165, 1.54) is 11.1 Å². The van der Waals surface area contributed by atoms with Crippen LogP contribution in [-0.4, -0.2) is 10.7 Å². The third-order valence-corrected chi connectivity index (χ3v) is 5.62. The van der Waals surface area contributed by atoms with Gasteiger partial charge >= 0.3 is 0 Å². The molecule has 3 rings (SSSR count). The Morgan fingerprint density at radius 3 is 1.56 bits per heavy atom. The van der Waals surface area contributed by atoms with E-state index in [1.807, 2.05) is 42.5 Å². The molecule has 140 valence electrons. The molecule has 0 aliphatic carbocycles. The summed E-state index contributed by atoms with van der Waals surface area (Å²) in [6.45, 7) is 6.22. The van der Waals surface area contributed by atoms with E-state index in [0.717, 1.165) is 22.3 Å². The Hall–Kier alpha value is -2.42. The zero-order chi connectivity index (χ0) is 19.4. The lowest BCUT2D eigenvalue weighted by Gasteiger charge is -2.36. The molecule has 0 bridgehead atoms. The van der Waals surface area contributed by atoms with E-state index in [2.05, 4.69) is 51.1 Å². The maximum atomic E-state index is 11.9. The second-order valence-electron chi connectivity index (χ2n) is 7.64. The van der Waals surface area contributed by atoms with Crippen molar-refractivity contribution in [2.75, 3.05) is 0 Å². The van der Waals surface area contributed by atoms with Crippen molar-refractivity contribution in [2.24, 2.45) is 5.73 Å². The van der Waals surface area contributed by atoms with Crippen LogP contribution in [0.15, 0.2) is 72.8 Å². The van der Waals surface area contributed by atoms with Gasteiger partial charge in [-0.1, -0.05) is 72.8 Å². The minimum atomic E-state index is -1.08. The normalized spacial score (nSPS) is 12.8. The summed E-state index contributed by atoms with van der Waals surface area (Å²) in [5, 5.41) is 11.9. The first-order valence-corrected chi connectivity index (χ1v) is 9.53. The Balaban J connectivity index is 2.04. The molecular formula is C25H29NO. The van der Waals surface area contributed by atoms with Crippen LogP contribution in [-0.2, 0) is 12.8 Å². The van der Waals surface area contributed by atoms with Gasteiger partial charge in [0, 0.05) is 12.8 Å². The van der Waals surface area contributed by atoms with Crippen LogP contribution >= 0.6 is 0 Å². The lowest BCUT2D eigenvalue weighted by molar-refractivity contribution is 0.0132. The highest BCUT2D eigenvalue weighted by Crippen LogP contribution is 2.33. The molecule has 2 nitrogen and oxygen atoms in total. The third kappa shape index (κ3) is 4.29. The fraction of sp³-hybridized carbons (Fsp3) is 0.280. The molecule has 0 aliphatic heterocycles. The van der Waals surface area contributed by atoms with Gasteiger partial charge in [-0.25, -0.2) is 0 Å². The van der Waals surface area contributed by atoms with E-state index in [9.17, 15) is 5.11 Å². The molecule has 3 aromatic carbocycles. The summed E-state index contributed by atoms with van der Waals surface area (Å²) in [6.07, 6.45) is 1.03. The number of aliphatic hydroxyl groups is 1. The first-order chi connectivity index (χ1) is 12.9. The summed E-state index contributed by atoms with van der Waals surface area (Å²) in [5.74, 6) is 0. The smallest absolute Gasteiger partial charge is 0.0919 e. The summed E-state index contributed by atoms with van der Waals surface area (Å²) < 4.78 is 0. The SMILES string of the molecule is Cc1ccccc1CC(O)(Cc1ccccc1C)[C@H](N)c1ccccc1C. The van der Waals surface area contributed by atoms with Gasteiger partial charge in [0.2, 0.25) is 0 Å². The third-order valence-electron chi connectivity index (χ3n) is 5.62. The zero-order valence-electron chi connectivity index (χ0n) is 16.4. The van der Waals surface area contributed by atoms with Crippen LogP contribution in [0.1, 0.15) is 39.4 Å². The Morgan fingerprint density at radius 1 is 0.704 bits per heavy atom. The molecule has 0 heterocycles. The molecule has 3 N–H and O–H groups in total. The van der Waals surface area contributed by atoms with Gasteiger partial charge in [-0.05, 0) is 54.2 Å². The molecule has 2 heteroatoms. The average molecular weight is 360 g/mol. The minimum absolute atomic E-state index is 0.474. The largest absolute Gasteiger partial charge is 0.387 e. The number of hydrogen-bond donors (Lipinski definition) is 2. The summed E-state index contributed by atoms with van der Waals surface area (Å²) in [6, 6.07) is 24.1. The Bertz CT molecular complexity index is 868. The lowest BCUT2D eigenvalue weighted by Crippen LogP contribution is -2.45. The molecule has 0 aliphatic rings. The van der Waals surface area contributed by atoms with Crippen molar-refractivity contribution in [3.8, 4) is 0 Å². The van der Waals surface area contributed by atoms with Gasteiger partial charge in [0.15, 0.2) is 0 Å². The molecule has 1 atom stereocenters. The van der Waals surface area contributed by atoms with Crippen LogP contribution in [0.25, 0.3) is 0 Å². The summed E-state index contributed by atoms with van der Waals surface area (Å²) in [5.41, 5.74) is 12.4. The molecule has 0 saturated heterocycles. The molecular weight excluding hydrogens is 330 g/mol. The highest BCUT2D eigenvalue weighted by molar-refractivity contribution is 5.36. The number of rotatable bonds is 6. The monoisotopic (exact) mass is 359 g/mol. The topological polar surface area (TPSA) is 46.2 Å². The van der Waals surface area contributed by atoms with Crippen molar-refractivity contribution < 1.29 is 5.11 Å². The standard InChI is InChI=1S/C25H29NO/c1-18-10-4-7-13-21(18)16-25(27,17-22-14-8-5-11-19(22)2)24(26)23-15-9-6-12-20(23)3/h4-15,24,27H,16-17,26H2,1-3H3/t24-/m1/s1. The van der Waals surface area contributed by atoms with Crippen molar-refractivity contribution in [3.63, 3.8) is 0 Å². The Labute approximate surface area is 162 Å². The van der Waals surface area contributed by atoms with Crippen LogP contribution in [0, 0.1) is 20.8 Å². The van der Waals surface area contributed by atoms with Gasteiger partial charge in [0.25, 0.3) is 0 Å². The molecule has 27 heavy (non-hydrogen) atoms. The first-order valence-electron chi connectivity index (χ1n) is 9.53. The van der Waals surface area contributed by atoms with Crippen molar-refractivity contribution in [1.82, 2.24) is 0 Å². The molecule has 0 aromatic heterocycles. The van der Waals surface area contributed by atoms with Crippen LogP contribution in [0.5, 0.6) is 0 Å². The summed E-state index contributed by atoms with van der Waals surface area (Å²) in [4.78, 5) is 0. The van der Waals surface area contributed by atoms with E-state index >= 15 is 0 Å². The van der Waals surface area contributed by atoms with Crippen molar-refractivity contribution >= 4 is 0 Å². The first kappa shape index (κ1) is 19.3. The Kier molecular flexibility index (Phi) is 5.79. The molecule has 0 radical (unpaired) electrons. The number of nitrogens with two attached hydrogens (primary N) is 1. The van der Waals surface area contributed by atoms with E-state index in [0.29, 0.717) is 12.8 Å². The molecule has 0 unspecified atom stereocenters. The number of hydrogen-bond acceptors (Lipinski definition) is 2. The van der Waals surface area contributed by atoms with Crippen molar-refractivity contribution in [3.05, 3.63) is 106 Å². The van der Waals surface area contributed by atoms with Gasteiger partial charge in [0.05, 0.1) is 11.6 Å². The highest BCUT2D eigenvalue weighted by Gasteiger charge is 2.37. The molecule has 0 fully saturated rings. The van der Waals surface area contributed by atoms with Crippen LogP contribution in [0.4, 0.5) is 0 Å². The quantitative estimate of drug-likeness (QED) is 0.662. The maximum absolute atomic E-state index is 11.9. The van der Waals surface area contributed by atoms with Gasteiger partial charge in [0.1, 0.15) is 0 Å². The molecule has 0 saturated carbocycles. The predicted molar refractivity (Wildman–Crippen MR) is 113 cm³/mol. The van der Waals surface area contributed by atoms with Crippen molar-refractivity contribution in [1.29, 1.82) is 0 Å². The second-order valence-corrected chi connectivity index (χ2v) is 7.64. The average Bonchev–Trinajstić information content (AvgIpc) is 2.65. The zero-order valence-corrected chi connectivity index (χ0v) is 16.4. The van der Waals surface area contributed by atoms with Crippen LogP contribution < -0.4 is 5.73 Å². The van der Waals surface area contributed by atoms with E-state index in [4.69, 9.17) is 5.73 Å². The van der Waals surface area contributed by atoms with Crippen molar-refractivity contribution in [2.45, 2.75) is 45.3 Å². The number of benzene rings is 3. The predicted octanol–water partition coefficient (Wildman–Crippen LogP) is 4.83. The van der Waals surface area contributed by atoms with Gasteiger partial charge in [-0.2, -0.15) is 0 Å². The van der Waals surface area contributed by atoms with Crippen LogP contribution in [0.3, 0.4) is 0 Å². The number of aryl methyl sites for hydroxylation is 3. The maximum Gasteiger partial charge on any atom is 0.0919 e. The molecule has 0 spiro atoms. The van der Waals surface area contributed by atoms with Gasteiger partial charge in [-0.3, -0.25) is 0 Å². The van der Waals surface area contributed by atoms with Crippen LogP contribution in [0.2, 0.25) is 0 Å². The fourth-order valence-corrected chi connectivity index (χ4v) is 3.78. The second kappa shape index (κ2) is 8.08. The molecule has 3 aromatic rings.